The van der Waals surface area contributed by atoms with Gasteiger partial charge < -0.3 is 23.7 Å². The Hall–Kier alpha value is -3.19. The normalized spacial score (nSPS) is 12.1. The number of carbonyl (C=O) groups excluding carboxylic acids is 2. The number of amides is 2. The van der Waals surface area contributed by atoms with E-state index in [2.05, 4.69) is 20.1 Å². The minimum absolute atomic E-state index is 0.0267. The molecule has 0 aliphatic rings. The Morgan fingerprint density at radius 3 is 2.06 bits per heavy atom. The number of ether oxygens (including phenoxy) is 5. The van der Waals surface area contributed by atoms with Crippen molar-refractivity contribution < 1.29 is 33.3 Å². The molecule has 0 aliphatic heterocycles. The van der Waals surface area contributed by atoms with E-state index in [0.717, 1.165) is 0 Å². The molecule has 0 saturated carbocycles. The Kier molecular flexibility index (Phi) is 13.5. The van der Waals surface area contributed by atoms with Crippen LogP contribution in [0.25, 0.3) is 10.4 Å². The van der Waals surface area contributed by atoms with Gasteiger partial charge in [-0.15, -0.1) is 4.99 Å². The van der Waals surface area contributed by atoms with E-state index in [-0.39, 0.29) is 32.3 Å². The summed E-state index contributed by atoms with van der Waals surface area (Å²) in [5.74, 6) is -0.0822. The second kappa shape index (κ2) is 15.7. The second-order valence-corrected chi connectivity index (χ2v) is 9.27. The molecule has 0 aliphatic carbocycles. The molecule has 14 nitrogen and oxygen atoms in total. The highest BCUT2D eigenvalue weighted by Gasteiger charge is 2.29. The highest BCUT2D eigenvalue weighted by atomic mass is 16.6. The Balaban J connectivity index is 2.75. The maximum absolute atomic E-state index is 13.0. The van der Waals surface area contributed by atoms with E-state index in [4.69, 9.17) is 29.2 Å². The van der Waals surface area contributed by atoms with Crippen molar-refractivity contribution in [3.8, 4) is 0 Å². The topological polar surface area (TPSA) is 162 Å². The molecule has 14 heteroatoms. The molecular weight excluding hydrogens is 474 g/mol. The highest BCUT2D eigenvalue weighted by Crippen LogP contribution is 2.13. The molecular formula is C22H37N7O7. The van der Waals surface area contributed by atoms with Crippen molar-refractivity contribution in [2.45, 2.75) is 52.7 Å². The fourth-order valence-corrected chi connectivity index (χ4v) is 2.43. The summed E-state index contributed by atoms with van der Waals surface area (Å²) in [6, 6.07) is 1.63. The van der Waals surface area contributed by atoms with Crippen molar-refractivity contribution in [1.29, 1.82) is 0 Å². The van der Waals surface area contributed by atoms with Crippen LogP contribution in [0, 0.1) is 0 Å². The minimum atomic E-state index is -0.877. The number of azide groups is 1. The van der Waals surface area contributed by atoms with E-state index in [1.807, 2.05) is 0 Å². The number of nitrogens with zero attached hydrogens (tertiary/aromatic N) is 7. The maximum Gasteiger partial charge on any atom is 0.437 e. The molecule has 202 valence electrons. The summed E-state index contributed by atoms with van der Waals surface area (Å²) in [5, 5.41) is 7.47. The van der Waals surface area contributed by atoms with Crippen LogP contribution in [0.15, 0.2) is 28.6 Å². The summed E-state index contributed by atoms with van der Waals surface area (Å²) in [4.78, 5) is 33.2. The number of hydrogen-bond acceptors (Lipinski definition) is 9. The van der Waals surface area contributed by atoms with Crippen LogP contribution >= 0.6 is 0 Å². The number of carbonyl (C=O) groups is 2. The molecule has 0 unspecified atom stereocenters. The Morgan fingerprint density at radius 2 is 1.53 bits per heavy atom. The Bertz CT molecular complexity index is 870. The van der Waals surface area contributed by atoms with Crippen molar-refractivity contribution in [1.82, 2.24) is 14.7 Å². The molecule has 0 saturated heterocycles. The first-order valence-electron chi connectivity index (χ1n) is 11.5. The third kappa shape index (κ3) is 14.3. The summed E-state index contributed by atoms with van der Waals surface area (Å²) in [6.45, 7) is 12.4. The van der Waals surface area contributed by atoms with Gasteiger partial charge in [0.2, 0.25) is 5.96 Å². The van der Waals surface area contributed by atoms with Crippen LogP contribution in [0.3, 0.4) is 0 Å². The lowest BCUT2D eigenvalue weighted by atomic mass is 10.2. The van der Waals surface area contributed by atoms with Crippen molar-refractivity contribution in [3.63, 3.8) is 0 Å². The number of hydrogen-bond donors (Lipinski definition) is 0. The summed E-state index contributed by atoms with van der Waals surface area (Å²) in [6.07, 6.45) is 1.44. The molecule has 1 aromatic rings. The number of aliphatic imine (C=N–C) groups is 1. The zero-order chi connectivity index (χ0) is 27.0. The van der Waals surface area contributed by atoms with Crippen LogP contribution in [-0.4, -0.2) is 96.8 Å². The second-order valence-electron chi connectivity index (χ2n) is 9.27. The summed E-state index contributed by atoms with van der Waals surface area (Å²) < 4.78 is 28.3. The predicted octanol–water partition coefficient (Wildman–Crippen LogP) is 3.62. The Labute approximate surface area is 211 Å². The van der Waals surface area contributed by atoms with Crippen molar-refractivity contribution in [3.05, 3.63) is 28.9 Å². The van der Waals surface area contributed by atoms with Gasteiger partial charge in [-0.2, -0.15) is 5.10 Å². The van der Waals surface area contributed by atoms with E-state index in [0.29, 0.717) is 26.4 Å². The monoisotopic (exact) mass is 511 g/mol. The molecule has 0 fully saturated rings. The van der Waals surface area contributed by atoms with Crippen LogP contribution < -0.4 is 0 Å². The van der Waals surface area contributed by atoms with Gasteiger partial charge in [-0.1, -0.05) is 5.11 Å². The maximum atomic E-state index is 13.0. The van der Waals surface area contributed by atoms with Gasteiger partial charge in [-0.05, 0) is 53.1 Å². The molecule has 0 spiro atoms. The average molecular weight is 512 g/mol. The van der Waals surface area contributed by atoms with Crippen LogP contribution in [0.2, 0.25) is 0 Å². The lowest BCUT2D eigenvalue weighted by molar-refractivity contribution is 0.00915. The summed E-state index contributed by atoms with van der Waals surface area (Å²) in [5.41, 5.74) is 6.63. The largest absolute Gasteiger partial charge is 0.443 e. The molecule has 1 aromatic heterocycles. The lowest BCUT2D eigenvalue weighted by Gasteiger charge is -2.28. The standard InChI is InChI=1S/C22H37N7O7/c1-21(2,3)35-19(30)26-18(29-10-7-8-25-29)28(20(31)36-22(4,5)6)11-13-33-15-17-34-16-14-32-12-9-24-27-23/h7-8,10H,9,11-17H2,1-6H3/b26-18-. The van der Waals surface area contributed by atoms with Gasteiger partial charge in [0, 0.05) is 23.9 Å². The van der Waals surface area contributed by atoms with Gasteiger partial charge >= 0.3 is 12.2 Å². The molecule has 0 N–H and O–H groups in total. The van der Waals surface area contributed by atoms with Crippen LogP contribution in [0.5, 0.6) is 0 Å². The first kappa shape index (κ1) is 30.8. The number of aromatic nitrogens is 2. The molecule has 0 bridgehead atoms. The zero-order valence-electron chi connectivity index (χ0n) is 21.9. The van der Waals surface area contributed by atoms with Gasteiger partial charge in [-0.3, -0.25) is 0 Å². The molecule has 0 radical (unpaired) electrons. The van der Waals surface area contributed by atoms with Crippen molar-refractivity contribution >= 4 is 18.1 Å². The highest BCUT2D eigenvalue weighted by molar-refractivity contribution is 5.99. The van der Waals surface area contributed by atoms with E-state index in [1.54, 1.807) is 53.8 Å². The summed E-state index contributed by atoms with van der Waals surface area (Å²) in [7, 11) is 0. The van der Waals surface area contributed by atoms with E-state index in [9.17, 15) is 9.59 Å². The van der Waals surface area contributed by atoms with Crippen molar-refractivity contribution in [2.75, 3.05) is 52.7 Å². The van der Waals surface area contributed by atoms with Gasteiger partial charge in [-0.25, -0.2) is 19.2 Å². The van der Waals surface area contributed by atoms with Gasteiger partial charge in [0.1, 0.15) is 11.2 Å². The van der Waals surface area contributed by atoms with Gasteiger partial charge in [0.25, 0.3) is 0 Å². The van der Waals surface area contributed by atoms with Crippen LogP contribution in [0.1, 0.15) is 41.5 Å². The van der Waals surface area contributed by atoms with Crippen LogP contribution in [-0.2, 0) is 23.7 Å². The van der Waals surface area contributed by atoms with Crippen LogP contribution in [0.4, 0.5) is 9.59 Å². The molecule has 2 amide bonds. The quantitative estimate of drug-likeness (QED) is 0.103. The zero-order valence-corrected chi connectivity index (χ0v) is 21.9. The number of rotatable bonds is 12. The third-order valence-corrected chi connectivity index (χ3v) is 3.75. The molecule has 0 aromatic carbocycles. The SMILES string of the molecule is CC(C)(C)OC(=O)/N=C(/N(CCOCCOCCOCCN=[N+]=[N-])C(=O)OC(C)(C)C)n1cccn1. The van der Waals surface area contributed by atoms with E-state index in [1.165, 1.54) is 15.8 Å². The molecule has 36 heavy (non-hydrogen) atoms. The van der Waals surface area contributed by atoms with E-state index >= 15 is 0 Å². The average Bonchev–Trinajstić information content (AvgIpc) is 3.28. The Morgan fingerprint density at radius 1 is 0.944 bits per heavy atom. The predicted molar refractivity (Wildman–Crippen MR) is 131 cm³/mol. The molecule has 1 heterocycles. The minimum Gasteiger partial charge on any atom is -0.443 e. The molecule has 0 atom stereocenters. The first-order chi connectivity index (χ1) is 16.9. The van der Waals surface area contributed by atoms with E-state index < -0.39 is 23.4 Å². The smallest absolute Gasteiger partial charge is 0.437 e. The molecule has 1 rings (SSSR count). The van der Waals surface area contributed by atoms with Gasteiger partial charge in [0.05, 0.1) is 46.2 Å². The third-order valence-electron chi connectivity index (χ3n) is 3.75. The summed E-state index contributed by atoms with van der Waals surface area (Å²) >= 11 is 0. The lowest BCUT2D eigenvalue weighted by Crippen LogP contribution is -2.46. The first-order valence-corrected chi connectivity index (χ1v) is 11.5. The van der Waals surface area contributed by atoms with Crippen molar-refractivity contribution in [2.24, 2.45) is 10.1 Å². The fraction of sp³-hybridized carbons (Fsp3) is 0.727. The fourth-order valence-electron chi connectivity index (χ4n) is 2.43. The van der Waals surface area contributed by atoms with Gasteiger partial charge in [0.15, 0.2) is 0 Å².